The number of amides is 1. The van der Waals surface area contributed by atoms with Crippen LogP contribution in [0.15, 0.2) is 29.4 Å². The molecule has 1 atom stereocenters. The van der Waals surface area contributed by atoms with Crippen LogP contribution in [0, 0.1) is 5.92 Å². The zero-order valence-electron chi connectivity index (χ0n) is 11.0. The van der Waals surface area contributed by atoms with Gasteiger partial charge in [-0.15, -0.1) is 0 Å². The van der Waals surface area contributed by atoms with Crippen molar-refractivity contribution in [3.63, 3.8) is 0 Å². The van der Waals surface area contributed by atoms with Crippen LogP contribution in [0.5, 0.6) is 0 Å². The predicted octanol–water partition coefficient (Wildman–Crippen LogP) is 2.82. The van der Waals surface area contributed by atoms with Gasteiger partial charge in [0.05, 0.1) is 10.3 Å². The molecule has 0 saturated carbocycles. The first kappa shape index (κ1) is 13.4. The number of piperidine rings is 1. The molecule has 1 unspecified atom stereocenters. The topological polar surface area (TPSA) is 33.2 Å². The molecule has 1 aromatic rings. The molecule has 0 N–H and O–H groups in total. The van der Waals surface area contributed by atoms with Gasteiger partial charge >= 0.3 is 0 Å². The molecule has 4 heteroatoms. The van der Waals surface area contributed by atoms with Gasteiger partial charge in [-0.1, -0.05) is 24.8 Å². The van der Waals surface area contributed by atoms with Gasteiger partial charge in [0.2, 0.25) is 5.91 Å². The van der Waals surface area contributed by atoms with Gasteiger partial charge < -0.3 is 4.90 Å². The van der Waals surface area contributed by atoms with Crippen molar-refractivity contribution < 1.29 is 4.79 Å². The molecule has 0 aliphatic carbocycles. The summed E-state index contributed by atoms with van der Waals surface area (Å²) in [6, 6.07) is 5.80. The van der Waals surface area contributed by atoms with Crippen LogP contribution < -0.4 is 0 Å². The van der Waals surface area contributed by atoms with Gasteiger partial charge in [-0.25, -0.2) is 4.98 Å². The second kappa shape index (κ2) is 6.23. The number of rotatable bonds is 3. The number of pyridine rings is 1. The molecular formula is C14H20N2OS. The van der Waals surface area contributed by atoms with Gasteiger partial charge in [0.25, 0.3) is 0 Å². The highest BCUT2D eigenvalue weighted by Crippen LogP contribution is 2.24. The highest BCUT2D eigenvalue weighted by Gasteiger charge is 2.25. The summed E-state index contributed by atoms with van der Waals surface area (Å²) in [6.07, 6.45) is 4.03. The van der Waals surface area contributed by atoms with Crippen LogP contribution in [0.2, 0.25) is 0 Å². The second-order valence-corrected chi connectivity index (χ2v) is 6.30. The van der Waals surface area contributed by atoms with Gasteiger partial charge in [-0.2, -0.15) is 0 Å². The average molecular weight is 264 g/mol. The minimum Gasteiger partial charge on any atom is -0.342 e. The van der Waals surface area contributed by atoms with E-state index in [1.54, 1.807) is 18.0 Å². The summed E-state index contributed by atoms with van der Waals surface area (Å²) in [5.41, 5.74) is 0. The first-order valence-electron chi connectivity index (χ1n) is 6.53. The molecule has 1 aliphatic rings. The van der Waals surface area contributed by atoms with E-state index in [1.165, 1.54) is 0 Å². The molecule has 1 aliphatic heterocycles. The number of likely N-dealkylation sites (tertiary alicyclic amines) is 1. The third-order valence-electron chi connectivity index (χ3n) is 3.38. The Balaban J connectivity index is 1.89. The van der Waals surface area contributed by atoms with Crippen LogP contribution in [0.1, 0.15) is 26.7 Å². The highest BCUT2D eigenvalue weighted by molar-refractivity contribution is 8.00. The van der Waals surface area contributed by atoms with Crippen LogP contribution in [0.25, 0.3) is 0 Å². The molecule has 2 rings (SSSR count). The lowest BCUT2D eigenvalue weighted by molar-refractivity contribution is -0.131. The first-order valence-corrected chi connectivity index (χ1v) is 7.41. The van der Waals surface area contributed by atoms with E-state index in [4.69, 9.17) is 0 Å². The molecule has 0 spiro atoms. The molecule has 2 heterocycles. The van der Waals surface area contributed by atoms with Gasteiger partial charge in [0.1, 0.15) is 0 Å². The summed E-state index contributed by atoms with van der Waals surface area (Å²) < 4.78 is 0. The molecule has 1 aromatic heterocycles. The van der Waals surface area contributed by atoms with Gasteiger partial charge in [0.15, 0.2) is 0 Å². The van der Waals surface area contributed by atoms with Crippen molar-refractivity contribution in [1.82, 2.24) is 9.88 Å². The maximum atomic E-state index is 12.3. The zero-order chi connectivity index (χ0) is 13.0. The number of carbonyl (C=O) groups excluding carboxylic acids is 1. The van der Waals surface area contributed by atoms with Crippen LogP contribution in [-0.4, -0.2) is 34.1 Å². The first-order chi connectivity index (χ1) is 8.66. The molecule has 1 amide bonds. The molecule has 3 nitrogen and oxygen atoms in total. The Labute approximate surface area is 113 Å². The van der Waals surface area contributed by atoms with E-state index in [9.17, 15) is 4.79 Å². The standard InChI is InChI=1S/C14H20N2OS/c1-11-6-9-16(10-7-11)14(17)12(2)18-13-5-3-4-8-15-13/h3-5,8,11-12H,6-7,9-10H2,1-2H3. The van der Waals surface area contributed by atoms with E-state index in [2.05, 4.69) is 11.9 Å². The number of nitrogens with zero attached hydrogens (tertiary/aromatic N) is 2. The number of hydrogen-bond acceptors (Lipinski definition) is 3. The van der Waals surface area contributed by atoms with Crippen molar-refractivity contribution in [3.8, 4) is 0 Å². The fourth-order valence-corrected chi connectivity index (χ4v) is 3.03. The van der Waals surface area contributed by atoms with Crippen molar-refractivity contribution in [2.45, 2.75) is 37.0 Å². The fourth-order valence-electron chi connectivity index (χ4n) is 2.13. The SMILES string of the molecule is CC1CCN(C(=O)C(C)Sc2ccccn2)CC1. The summed E-state index contributed by atoms with van der Waals surface area (Å²) in [6.45, 7) is 6.05. The third kappa shape index (κ3) is 3.48. The van der Waals surface area contributed by atoms with Crippen molar-refractivity contribution in [1.29, 1.82) is 0 Å². The average Bonchev–Trinajstić information content (AvgIpc) is 2.40. The summed E-state index contributed by atoms with van der Waals surface area (Å²) in [5.74, 6) is 1.00. The minimum absolute atomic E-state index is 0.0479. The maximum absolute atomic E-state index is 12.3. The maximum Gasteiger partial charge on any atom is 0.235 e. The Bertz CT molecular complexity index is 388. The normalized spacial score (nSPS) is 18.7. The summed E-state index contributed by atoms with van der Waals surface area (Å²) in [7, 11) is 0. The summed E-state index contributed by atoms with van der Waals surface area (Å²) >= 11 is 1.54. The lowest BCUT2D eigenvalue weighted by atomic mass is 9.99. The largest absolute Gasteiger partial charge is 0.342 e. The summed E-state index contributed by atoms with van der Waals surface area (Å²) in [5, 5.41) is 0.872. The zero-order valence-corrected chi connectivity index (χ0v) is 11.8. The van der Waals surface area contributed by atoms with Gasteiger partial charge in [-0.3, -0.25) is 4.79 Å². The van der Waals surface area contributed by atoms with E-state index in [1.807, 2.05) is 30.0 Å². The van der Waals surface area contributed by atoms with E-state index >= 15 is 0 Å². The number of hydrogen-bond donors (Lipinski definition) is 0. The Kier molecular flexibility index (Phi) is 4.64. The fraction of sp³-hybridized carbons (Fsp3) is 0.571. The molecule has 0 aromatic carbocycles. The third-order valence-corrected chi connectivity index (χ3v) is 4.42. The van der Waals surface area contributed by atoms with Crippen LogP contribution in [0.3, 0.4) is 0 Å². The molecule has 1 fully saturated rings. The Morgan fingerprint density at radius 1 is 1.44 bits per heavy atom. The van der Waals surface area contributed by atoms with Crippen molar-refractivity contribution in [2.24, 2.45) is 5.92 Å². The molecule has 1 saturated heterocycles. The van der Waals surface area contributed by atoms with Crippen molar-refractivity contribution in [3.05, 3.63) is 24.4 Å². The van der Waals surface area contributed by atoms with Crippen LogP contribution >= 0.6 is 11.8 Å². The minimum atomic E-state index is -0.0479. The van der Waals surface area contributed by atoms with E-state index in [0.29, 0.717) is 0 Å². The van der Waals surface area contributed by atoms with E-state index in [-0.39, 0.29) is 11.2 Å². The smallest absolute Gasteiger partial charge is 0.235 e. The highest BCUT2D eigenvalue weighted by atomic mass is 32.2. The molecule has 98 valence electrons. The predicted molar refractivity (Wildman–Crippen MR) is 74.5 cm³/mol. The Morgan fingerprint density at radius 2 is 2.17 bits per heavy atom. The molecule has 18 heavy (non-hydrogen) atoms. The lowest BCUT2D eigenvalue weighted by Crippen LogP contribution is -2.41. The Morgan fingerprint density at radius 3 is 2.78 bits per heavy atom. The summed E-state index contributed by atoms with van der Waals surface area (Å²) in [4.78, 5) is 18.5. The second-order valence-electron chi connectivity index (χ2n) is 4.94. The molecule has 0 radical (unpaired) electrons. The van der Waals surface area contributed by atoms with Crippen LogP contribution in [0.4, 0.5) is 0 Å². The van der Waals surface area contributed by atoms with Gasteiger partial charge in [0, 0.05) is 19.3 Å². The number of thioether (sulfide) groups is 1. The van der Waals surface area contributed by atoms with Gasteiger partial charge in [-0.05, 0) is 37.8 Å². The van der Waals surface area contributed by atoms with Crippen LogP contribution in [-0.2, 0) is 4.79 Å². The van der Waals surface area contributed by atoms with E-state index in [0.717, 1.165) is 36.9 Å². The Hall–Kier alpha value is -1.03. The number of aromatic nitrogens is 1. The van der Waals surface area contributed by atoms with Crippen molar-refractivity contribution in [2.75, 3.05) is 13.1 Å². The van der Waals surface area contributed by atoms with Crippen molar-refractivity contribution >= 4 is 17.7 Å². The number of carbonyl (C=O) groups is 1. The monoisotopic (exact) mass is 264 g/mol. The molecular weight excluding hydrogens is 244 g/mol. The van der Waals surface area contributed by atoms with E-state index < -0.39 is 0 Å². The quantitative estimate of drug-likeness (QED) is 0.787. The lowest BCUT2D eigenvalue weighted by Gasteiger charge is -2.31. The molecule has 0 bridgehead atoms.